The van der Waals surface area contributed by atoms with Crippen LogP contribution in [0.25, 0.3) is 0 Å². The lowest BCUT2D eigenvalue weighted by atomic mass is 10.2. The standard InChI is InChI=1S/C13H12N2OS2/c1-15(13(16)10-5-6-18-8-10)11-4-2-3-9(7-11)12(14)17/h2-8H,1H3,(H2,14,17). The van der Waals surface area contributed by atoms with E-state index >= 15 is 0 Å². The van der Waals surface area contributed by atoms with Crippen LogP contribution in [0.5, 0.6) is 0 Å². The van der Waals surface area contributed by atoms with Gasteiger partial charge in [-0.1, -0.05) is 24.4 Å². The molecule has 3 nitrogen and oxygen atoms in total. The summed E-state index contributed by atoms with van der Waals surface area (Å²) in [4.78, 5) is 14.1. The average molecular weight is 276 g/mol. The summed E-state index contributed by atoms with van der Waals surface area (Å²) in [6, 6.07) is 9.13. The summed E-state index contributed by atoms with van der Waals surface area (Å²) in [6.45, 7) is 0. The molecular formula is C13H12N2OS2. The van der Waals surface area contributed by atoms with Gasteiger partial charge >= 0.3 is 0 Å². The Morgan fingerprint density at radius 1 is 1.33 bits per heavy atom. The molecule has 1 amide bonds. The summed E-state index contributed by atoms with van der Waals surface area (Å²) >= 11 is 6.43. The lowest BCUT2D eigenvalue weighted by Crippen LogP contribution is -2.26. The van der Waals surface area contributed by atoms with Gasteiger partial charge < -0.3 is 10.6 Å². The van der Waals surface area contributed by atoms with Crippen LogP contribution in [0.2, 0.25) is 0 Å². The van der Waals surface area contributed by atoms with Crippen molar-refractivity contribution in [1.29, 1.82) is 0 Å². The molecule has 0 aliphatic carbocycles. The van der Waals surface area contributed by atoms with Crippen molar-refractivity contribution in [3.63, 3.8) is 0 Å². The van der Waals surface area contributed by atoms with E-state index in [1.54, 1.807) is 18.0 Å². The van der Waals surface area contributed by atoms with Crippen molar-refractivity contribution < 1.29 is 4.79 Å². The number of nitrogens with two attached hydrogens (primary N) is 1. The number of anilines is 1. The fourth-order valence-corrected chi connectivity index (χ4v) is 2.32. The van der Waals surface area contributed by atoms with Gasteiger partial charge in [0.1, 0.15) is 4.99 Å². The van der Waals surface area contributed by atoms with E-state index in [0.717, 1.165) is 11.3 Å². The van der Waals surface area contributed by atoms with Crippen molar-refractivity contribution in [1.82, 2.24) is 0 Å². The minimum atomic E-state index is -0.0451. The highest BCUT2D eigenvalue weighted by atomic mass is 32.1. The molecule has 0 fully saturated rings. The van der Waals surface area contributed by atoms with Crippen molar-refractivity contribution >= 4 is 40.1 Å². The summed E-state index contributed by atoms with van der Waals surface area (Å²) in [5, 5.41) is 3.71. The van der Waals surface area contributed by atoms with Crippen molar-refractivity contribution in [3.8, 4) is 0 Å². The van der Waals surface area contributed by atoms with E-state index in [9.17, 15) is 4.79 Å². The highest BCUT2D eigenvalue weighted by molar-refractivity contribution is 7.80. The van der Waals surface area contributed by atoms with Gasteiger partial charge in [0.25, 0.3) is 5.91 Å². The fourth-order valence-electron chi connectivity index (χ4n) is 1.56. The van der Waals surface area contributed by atoms with Crippen LogP contribution in [0.15, 0.2) is 41.1 Å². The molecule has 2 N–H and O–H groups in total. The van der Waals surface area contributed by atoms with E-state index in [-0.39, 0.29) is 5.91 Å². The Labute approximate surface area is 115 Å². The quantitative estimate of drug-likeness (QED) is 0.877. The lowest BCUT2D eigenvalue weighted by molar-refractivity contribution is 0.0993. The van der Waals surface area contributed by atoms with Gasteiger partial charge in [-0.3, -0.25) is 4.79 Å². The molecule has 92 valence electrons. The Hall–Kier alpha value is -1.72. The van der Waals surface area contributed by atoms with Crippen molar-refractivity contribution in [2.24, 2.45) is 5.73 Å². The molecule has 18 heavy (non-hydrogen) atoms. The predicted octanol–water partition coefficient (Wildman–Crippen LogP) is 2.66. The van der Waals surface area contributed by atoms with E-state index < -0.39 is 0 Å². The van der Waals surface area contributed by atoms with E-state index in [1.807, 2.05) is 35.0 Å². The number of carbonyl (C=O) groups is 1. The fraction of sp³-hybridized carbons (Fsp3) is 0.0769. The summed E-state index contributed by atoms with van der Waals surface area (Å²) < 4.78 is 0. The Kier molecular flexibility index (Phi) is 3.74. The van der Waals surface area contributed by atoms with E-state index in [1.165, 1.54) is 11.3 Å². The number of rotatable bonds is 3. The van der Waals surface area contributed by atoms with Gasteiger partial charge in [-0.05, 0) is 23.6 Å². The van der Waals surface area contributed by atoms with E-state index in [4.69, 9.17) is 18.0 Å². The van der Waals surface area contributed by atoms with Crippen molar-refractivity contribution in [2.45, 2.75) is 0 Å². The normalized spacial score (nSPS) is 10.1. The Morgan fingerprint density at radius 3 is 2.72 bits per heavy atom. The maximum Gasteiger partial charge on any atom is 0.258 e. The zero-order chi connectivity index (χ0) is 13.1. The maximum absolute atomic E-state index is 12.2. The topological polar surface area (TPSA) is 46.3 Å². The lowest BCUT2D eigenvalue weighted by Gasteiger charge is -2.17. The molecule has 2 rings (SSSR count). The molecule has 0 unspecified atom stereocenters. The van der Waals surface area contributed by atoms with Crippen LogP contribution in [-0.4, -0.2) is 17.9 Å². The minimum absolute atomic E-state index is 0.0451. The molecule has 0 spiro atoms. The van der Waals surface area contributed by atoms with Gasteiger partial charge in [-0.15, -0.1) is 0 Å². The van der Waals surface area contributed by atoms with Gasteiger partial charge in [-0.2, -0.15) is 11.3 Å². The number of thiocarbonyl (C=S) groups is 1. The number of hydrogen-bond donors (Lipinski definition) is 1. The van der Waals surface area contributed by atoms with Crippen LogP contribution in [0.3, 0.4) is 0 Å². The predicted molar refractivity (Wildman–Crippen MR) is 79.4 cm³/mol. The Bertz CT molecular complexity index is 578. The van der Waals surface area contributed by atoms with E-state index in [2.05, 4.69) is 0 Å². The van der Waals surface area contributed by atoms with Gasteiger partial charge in [0.05, 0.1) is 5.56 Å². The monoisotopic (exact) mass is 276 g/mol. The first-order chi connectivity index (χ1) is 8.59. The molecule has 2 aromatic rings. The first-order valence-electron chi connectivity index (χ1n) is 5.29. The SMILES string of the molecule is CN(C(=O)c1ccsc1)c1cccc(C(N)=S)c1. The van der Waals surface area contributed by atoms with Crippen molar-refractivity contribution in [3.05, 3.63) is 52.2 Å². The largest absolute Gasteiger partial charge is 0.389 e. The summed E-state index contributed by atoms with van der Waals surface area (Å²) in [5.74, 6) is -0.0451. The molecule has 0 atom stereocenters. The van der Waals surface area contributed by atoms with Crippen LogP contribution in [0, 0.1) is 0 Å². The number of amides is 1. The van der Waals surface area contributed by atoms with Gasteiger partial charge in [0.15, 0.2) is 0 Å². The Balaban J connectivity index is 2.29. The van der Waals surface area contributed by atoms with Gasteiger partial charge in [-0.25, -0.2) is 0 Å². The summed E-state index contributed by atoms with van der Waals surface area (Å²) in [5.41, 5.74) is 7.80. The van der Waals surface area contributed by atoms with Crippen LogP contribution in [-0.2, 0) is 0 Å². The molecule has 0 saturated heterocycles. The highest BCUT2D eigenvalue weighted by Gasteiger charge is 2.14. The van der Waals surface area contributed by atoms with Crippen LogP contribution >= 0.6 is 23.6 Å². The third-order valence-electron chi connectivity index (χ3n) is 2.59. The number of nitrogens with zero attached hydrogens (tertiary/aromatic N) is 1. The smallest absolute Gasteiger partial charge is 0.258 e. The Morgan fingerprint density at radius 2 is 2.11 bits per heavy atom. The molecule has 5 heteroatoms. The molecule has 0 aliphatic heterocycles. The van der Waals surface area contributed by atoms with Crippen LogP contribution in [0.4, 0.5) is 5.69 Å². The zero-order valence-electron chi connectivity index (χ0n) is 9.79. The first-order valence-corrected chi connectivity index (χ1v) is 6.65. The average Bonchev–Trinajstić information content (AvgIpc) is 2.91. The number of thiophene rings is 1. The molecular weight excluding hydrogens is 264 g/mol. The molecule has 0 aliphatic rings. The molecule has 1 aromatic carbocycles. The number of benzene rings is 1. The van der Waals surface area contributed by atoms with Gasteiger partial charge in [0, 0.05) is 23.7 Å². The second-order valence-corrected chi connectivity index (χ2v) is 5.01. The third kappa shape index (κ3) is 2.57. The second-order valence-electron chi connectivity index (χ2n) is 3.79. The first kappa shape index (κ1) is 12.7. The highest BCUT2D eigenvalue weighted by Crippen LogP contribution is 2.18. The van der Waals surface area contributed by atoms with Crippen molar-refractivity contribution in [2.75, 3.05) is 11.9 Å². The third-order valence-corrected chi connectivity index (χ3v) is 3.51. The molecule has 1 aromatic heterocycles. The number of hydrogen-bond acceptors (Lipinski definition) is 3. The number of carbonyl (C=O) groups excluding carboxylic acids is 1. The summed E-state index contributed by atoms with van der Waals surface area (Å²) in [6.07, 6.45) is 0. The maximum atomic E-state index is 12.2. The minimum Gasteiger partial charge on any atom is -0.389 e. The zero-order valence-corrected chi connectivity index (χ0v) is 11.4. The molecule has 0 saturated carbocycles. The van der Waals surface area contributed by atoms with Crippen LogP contribution in [0.1, 0.15) is 15.9 Å². The molecule has 0 bridgehead atoms. The summed E-state index contributed by atoms with van der Waals surface area (Å²) in [7, 11) is 1.73. The second kappa shape index (κ2) is 5.29. The van der Waals surface area contributed by atoms with E-state index in [0.29, 0.717) is 10.6 Å². The van der Waals surface area contributed by atoms with Gasteiger partial charge in [0.2, 0.25) is 0 Å². The molecule has 0 radical (unpaired) electrons. The molecule has 1 heterocycles. The van der Waals surface area contributed by atoms with Crippen LogP contribution < -0.4 is 10.6 Å².